The van der Waals surface area contributed by atoms with Gasteiger partial charge in [0.25, 0.3) is 0 Å². The monoisotopic (exact) mass is 246 g/mol. The summed E-state index contributed by atoms with van der Waals surface area (Å²) in [5.74, 6) is 0.649. The maximum Gasteiger partial charge on any atom is 0.235 e. The maximum atomic E-state index is 10.4. The highest BCUT2D eigenvalue weighted by atomic mass is 79.9. The van der Waals surface area contributed by atoms with Crippen LogP contribution in [0.15, 0.2) is 0 Å². The largest absolute Gasteiger partial charge is 0.280 e. The Morgan fingerprint density at radius 1 is 1.50 bits per heavy atom. The molecule has 0 saturated carbocycles. The lowest BCUT2D eigenvalue weighted by atomic mass is 10.2. The summed E-state index contributed by atoms with van der Waals surface area (Å²) >= 11 is 13.8. The Kier molecular flexibility index (Phi) is 6.91. The fourth-order valence-electron chi connectivity index (χ4n) is 0.532. The molecule has 0 unspecified atom stereocenters. The van der Waals surface area contributed by atoms with Crippen LogP contribution in [0.4, 0.5) is 0 Å². The van der Waals surface area contributed by atoms with E-state index in [1.165, 1.54) is 0 Å². The Balaban J connectivity index is 3.21. The number of rotatable bonds is 5. The highest BCUT2D eigenvalue weighted by molar-refractivity contribution is 9.10. The van der Waals surface area contributed by atoms with E-state index >= 15 is 0 Å². The predicted molar refractivity (Wildman–Crippen MR) is 48.1 cm³/mol. The highest BCUT2D eigenvalue weighted by Crippen LogP contribution is 2.12. The summed E-state index contributed by atoms with van der Waals surface area (Å²) in [4.78, 5) is 10.2. The van der Waals surface area contributed by atoms with Gasteiger partial charge in [0.1, 0.15) is 0 Å². The molecule has 0 aromatic heterocycles. The van der Waals surface area contributed by atoms with Crippen LogP contribution in [0.3, 0.4) is 0 Å². The molecule has 1 atom stereocenters. The van der Waals surface area contributed by atoms with Gasteiger partial charge in [0.05, 0.1) is 4.83 Å². The fourth-order valence-corrected chi connectivity index (χ4v) is 1.15. The molecule has 0 aliphatic carbocycles. The Morgan fingerprint density at radius 3 is 2.50 bits per heavy atom. The van der Waals surface area contributed by atoms with Crippen LogP contribution in [0.1, 0.15) is 19.3 Å². The van der Waals surface area contributed by atoms with Crippen molar-refractivity contribution < 1.29 is 4.79 Å². The quantitative estimate of drug-likeness (QED) is 0.415. The average molecular weight is 248 g/mol. The number of alkyl halides is 2. The SMILES string of the molecule is O=C(Cl)[C@@H](Br)CCCCCl. The second kappa shape index (κ2) is 6.44. The van der Waals surface area contributed by atoms with Crippen molar-refractivity contribution in [1.29, 1.82) is 0 Å². The van der Waals surface area contributed by atoms with Crippen molar-refractivity contribution in [3.8, 4) is 0 Å². The first-order valence-corrected chi connectivity index (χ1v) is 4.90. The standard InChI is InChI=1S/C6H9BrCl2O/c7-5(6(9)10)3-1-2-4-8/h5H,1-4H2/t5-/m0/s1. The molecule has 0 amide bonds. The van der Waals surface area contributed by atoms with E-state index in [1.54, 1.807) is 0 Å². The second-order valence-corrected chi connectivity index (χ2v) is 3.81. The minimum Gasteiger partial charge on any atom is -0.280 e. The first-order valence-electron chi connectivity index (χ1n) is 3.08. The zero-order chi connectivity index (χ0) is 7.98. The van der Waals surface area contributed by atoms with E-state index in [9.17, 15) is 4.79 Å². The summed E-state index contributed by atoms with van der Waals surface area (Å²) in [6.07, 6.45) is 2.65. The highest BCUT2D eigenvalue weighted by Gasteiger charge is 2.10. The average Bonchev–Trinajstić information content (AvgIpc) is 1.88. The van der Waals surface area contributed by atoms with Gasteiger partial charge in [-0.1, -0.05) is 22.4 Å². The van der Waals surface area contributed by atoms with Gasteiger partial charge in [-0.2, -0.15) is 0 Å². The van der Waals surface area contributed by atoms with E-state index in [4.69, 9.17) is 23.2 Å². The Hall–Kier alpha value is 0.730. The van der Waals surface area contributed by atoms with Crippen LogP contribution in [0.2, 0.25) is 0 Å². The Morgan fingerprint density at radius 2 is 2.10 bits per heavy atom. The van der Waals surface area contributed by atoms with Crippen LogP contribution >= 0.6 is 39.1 Å². The van der Waals surface area contributed by atoms with Gasteiger partial charge in [0.2, 0.25) is 5.24 Å². The zero-order valence-electron chi connectivity index (χ0n) is 5.45. The van der Waals surface area contributed by atoms with Crippen LogP contribution in [-0.2, 0) is 4.79 Å². The topological polar surface area (TPSA) is 17.1 Å². The van der Waals surface area contributed by atoms with Crippen molar-refractivity contribution in [2.75, 3.05) is 5.88 Å². The molecule has 0 spiro atoms. The summed E-state index contributed by atoms with van der Waals surface area (Å²) in [7, 11) is 0. The molecule has 0 heterocycles. The molecule has 1 nitrogen and oxygen atoms in total. The summed E-state index contributed by atoms with van der Waals surface area (Å²) in [5, 5.41) is -0.324. The number of carbonyl (C=O) groups excluding carboxylic acids is 1. The van der Waals surface area contributed by atoms with Gasteiger partial charge in [-0.25, -0.2) is 0 Å². The molecule has 0 N–H and O–H groups in total. The number of halogens is 3. The molecule has 0 saturated heterocycles. The van der Waals surface area contributed by atoms with Crippen LogP contribution < -0.4 is 0 Å². The van der Waals surface area contributed by atoms with E-state index in [0.29, 0.717) is 5.88 Å². The summed E-state index contributed by atoms with van der Waals surface area (Å²) in [5.41, 5.74) is 0. The maximum absolute atomic E-state index is 10.4. The van der Waals surface area contributed by atoms with Gasteiger partial charge in [0.15, 0.2) is 0 Å². The smallest absolute Gasteiger partial charge is 0.235 e. The number of hydrogen-bond donors (Lipinski definition) is 0. The third-order valence-electron chi connectivity index (χ3n) is 1.09. The van der Waals surface area contributed by atoms with E-state index in [1.807, 2.05) is 0 Å². The molecule has 0 bridgehead atoms. The predicted octanol–water partition coefficient (Wildman–Crippen LogP) is 2.92. The number of carbonyl (C=O) groups is 1. The summed E-state index contributed by atoms with van der Waals surface area (Å²) in [6, 6.07) is 0. The van der Waals surface area contributed by atoms with Crippen molar-refractivity contribution in [3.63, 3.8) is 0 Å². The van der Waals surface area contributed by atoms with Gasteiger partial charge >= 0.3 is 0 Å². The minimum absolute atomic E-state index is 0.197. The van der Waals surface area contributed by atoms with Gasteiger partial charge < -0.3 is 0 Å². The van der Waals surface area contributed by atoms with E-state index < -0.39 is 0 Å². The molecule has 0 aromatic carbocycles. The molecule has 0 aliphatic rings. The first-order chi connectivity index (χ1) is 4.68. The Bertz CT molecular complexity index is 108. The zero-order valence-corrected chi connectivity index (χ0v) is 8.55. The van der Waals surface area contributed by atoms with Gasteiger partial charge in [0, 0.05) is 5.88 Å². The summed E-state index contributed by atoms with van der Waals surface area (Å²) < 4.78 is 0. The normalized spacial score (nSPS) is 13.1. The lowest BCUT2D eigenvalue weighted by Gasteiger charge is -2.01. The van der Waals surface area contributed by atoms with Gasteiger partial charge in [-0.3, -0.25) is 4.79 Å². The van der Waals surface area contributed by atoms with Gasteiger partial charge in [-0.15, -0.1) is 11.6 Å². The first kappa shape index (κ1) is 10.7. The van der Waals surface area contributed by atoms with Crippen molar-refractivity contribution in [3.05, 3.63) is 0 Å². The molecule has 4 heteroatoms. The lowest BCUT2D eigenvalue weighted by Crippen LogP contribution is -2.06. The van der Waals surface area contributed by atoms with Crippen molar-refractivity contribution >= 4 is 44.4 Å². The van der Waals surface area contributed by atoms with Crippen molar-refractivity contribution in [1.82, 2.24) is 0 Å². The number of unbranched alkanes of at least 4 members (excludes halogenated alkanes) is 1. The molecule has 0 rings (SSSR count). The molecule has 0 aliphatic heterocycles. The lowest BCUT2D eigenvalue weighted by molar-refractivity contribution is -0.111. The molecule has 0 aromatic rings. The molecule has 10 heavy (non-hydrogen) atoms. The van der Waals surface area contributed by atoms with Crippen LogP contribution in [0.25, 0.3) is 0 Å². The van der Waals surface area contributed by atoms with E-state index in [0.717, 1.165) is 19.3 Å². The molecular weight excluding hydrogens is 239 g/mol. The van der Waals surface area contributed by atoms with E-state index in [-0.39, 0.29) is 10.1 Å². The van der Waals surface area contributed by atoms with E-state index in [2.05, 4.69) is 15.9 Å². The molecule has 0 radical (unpaired) electrons. The third-order valence-corrected chi connectivity index (χ3v) is 2.76. The van der Waals surface area contributed by atoms with Gasteiger partial charge in [-0.05, 0) is 24.4 Å². The second-order valence-electron chi connectivity index (χ2n) is 1.96. The van der Waals surface area contributed by atoms with Crippen LogP contribution in [-0.4, -0.2) is 15.9 Å². The summed E-state index contributed by atoms with van der Waals surface area (Å²) in [6.45, 7) is 0. The van der Waals surface area contributed by atoms with Crippen LogP contribution in [0, 0.1) is 0 Å². The number of hydrogen-bond acceptors (Lipinski definition) is 1. The van der Waals surface area contributed by atoms with Crippen molar-refractivity contribution in [2.45, 2.75) is 24.1 Å². The molecule has 0 fully saturated rings. The molecular formula is C6H9BrCl2O. The van der Waals surface area contributed by atoms with Crippen LogP contribution in [0.5, 0.6) is 0 Å². The minimum atomic E-state index is -0.324. The fraction of sp³-hybridized carbons (Fsp3) is 0.833. The third kappa shape index (κ3) is 5.51. The molecule has 60 valence electrons. The Labute approximate surface area is 79.2 Å². The van der Waals surface area contributed by atoms with Crippen molar-refractivity contribution in [2.24, 2.45) is 0 Å².